The number of allylic oxidation sites excluding steroid dienone is 4. The zero-order valence-corrected chi connectivity index (χ0v) is 12.4. The molecule has 0 aromatic heterocycles. The monoisotopic (exact) mass is 261 g/mol. The van der Waals surface area contributed by atoms with Gasteiger partial charge < -0.3 is 5.73 Å². The molecule has 2 heteroatoms. The Labute approximate surface area is 117 Å². The van der Waals surface area contributed by atoms with Gasteiger partial charge in [-0.05, 0) is 44.1 Å². The van der Waals surface area contributed by atoms with E-state index in [0.29, 0.717) is 0 Å². The number of primary amides is 1. The summed E-state index contributed by atoms with van der Waals surface area (Å²) >= 11 is 0. The minimum atomic E-state index is -0.386. The fourth-order valence-corrected chi connectivity index (χ4v) is 2.44. The molecule has 0 aromatic rings. The fourth-order valence-electron chi connectivity index (χ4n) is 2.44. The van der Waals surface area contributed by atoms with Crippen molar-refractivity contribution < 1.29 is 4.79 Å². The molecule has 106 valence electrons. The molecular formula is C17H27NO. The van der Waals surface area contributed by atoms with Crippen LogP contribution in [0, 0.1) is 5.41 Å². The van der Waals surface area contributed by atoms with E-state index in [9.17, 15) is 4.79 Å². The van der Waals surface area contributed by atoms with Crippen LogP contribution in [0.15, 0.2) is 36.0 Å². The fraction of sp³-hybridized carbons (Fsp3) is 0.588. The van der Waals surface area contributed by atoms with Crippen molar-refractivity contribution in [3.05, 3.63) is 36.0 Å². The van der Waals surface area contributed by atoms with E-state index >= 15 is 0 Å². The first kappa shape index (κ1) is 15.7. The molecule has 0 aromatic carbocycles. The van der Waals surface area contributed by atoms with E-state index in [1.54, 1.807) is 0 Å². The van der Waals surface area contributed by atoms with Crippen LogP contribution in [0.25, 0.3) is 0 Å². The maximum absolute atomic E-state index is 11.6. The first-order valence-corrected chi connectivity index (χ1v) is 7.25. The number of hydrogen-bond acceptors (Lipinski definition) is 1. The molecule has 19 heavy (non-hydrogen) atoms. The molecule has 2 N–H and O–H groups in total. The van der Waals surface area contributed by atoms with E-state index in [4.69, 9.17) is 5.73 Å². The summed E-state index contributed by atoms with van der Waals surface area (Å²) in [6, 6.07) is 0. The number of rotatable bonds is 5. The van der Waals surface area contributed by atoms with Gasteiger partial charge in [-0.1, -0.05) is 50.6 Å². The van der Waals surface area contributed by atoms with Crippen LogP contribution in [0.5, 0.6) is 0 Å². The summed E-state index contributed by atoms with van der Waals surface area (Å²) in [7, 11) is 0. The van der Waals surface area contributed by atoms with E-state index in [2.05, 4.69) is 26.2 Å². The number of unbranched alkanes of at least 4 members (excludes halogenated alkanes) is 1. The number of carbonyl (C=O) groups is 1. The predicted molar refractivity (Wildman–Crippen MR) is 81.7 cm³/mol. The molecule has 1 unspecified atom stereocenters. The van der Waals surface area contributed by atoms with Crippen molar-refractivity contribution in [2.24, 2.45) is 11.1 Å². The van der Waals surface area contributed by atoms with E-state index in [1.165, 1.54) is 24.0 Å². The van der Waals surface area contributed by atoms with E-state index in [0.717, 1.165) is 37.7 Å². The lowest BCUT2D eigenvalue weighted by Crippen LogP contribution is -2.33. The van der Waals surface area contributed by atoms with Crippen LogP contribution in [0.2, 0.25) is 0 Å². The van der Waals surface area contributed by atoms with Crippen LogP contribution in [0.3, 0.4) is 0 Å². The number of hydrogen-bond donors (Lipinski definition) is 1. The molecule has 1 fully saturated rings. The molecule has 1 aliphatic rings. The Morgan fingerprint density at radius 3 is 2.63 bits per heavy atom. The van der Waals surface area contributed by atoms with E-state index < -0.39 is 0 Å². The highest BCUT2D eigenvalue weighted by Gasteiger charge is 2.33. The Morgan fingerprint density at radius 1 is 1.42 bits per heavy atom. The second kappa shape index (κ2) is 6.74. The number of carbonyl (C=O) groups excluding carboxylic acids is 1. The summed E-state index contributed by atoms with van der Waals surface area (Å²) in [5.74, 6) is -0.189. The van der Waals surface area contributed by atoms with Crippen molar-refractivity contribution in [3.63, 3.8) is 0 Å². The van der Waals surface area contributed by atoms with Gasteiger partial charge in [0, 0.05) is 5.41 Å². The third kappa shape index (κ3) is 4.38. The van der Waals surface area contributed by atoms with Gasteiger partial charge in [0.15, 0.2) is 0 Å². The van der Waals surface area contributed by atoms with E-state index in [1.807, 2.05) is 6.92 Å². The summed E-state index contributed by atoms with van der Waals surface area (Å²) in [6.45, 7) is 12.4. The van der Waals surface area contributed by atoms with Gasteiger partial charge in [0.05, 0.1) is 0 Å². The molecule has 0 aliphatic heterocycles. The minimum Gasteiger partial charge on any atom is -0.369 e. The highest BCUT2D eigenvalue weighted by molar-refractivity contribution is 5.80. The Kier molecular flexibility index (Phi) is 5.59. The van der Waals surface area contributed by atoms with Gasteiger partial charge in [0.2, 0.25) is 5.91 Å². The van der Waals surface area contributed by atoms with Gasteiger partial charge in [-0.25, -0.2) is 0 Å². The van der Waals surface area contributed by atoms with E-state index in [-0.39, 0.29) is 11.3 Å². The molecule has 0 spiro atoms. The van der Waals surface area contributed by atoms with Crippen LogP contribution >= 0.6 is 0 Å². The second-order valence-electron chi connectivity index (χ2n) is 5.96. The van der Waals surface area contributed by atoms with Crippen molar-refractivity contribution in [3.8, 4) is 0 Å². The average Bonchev–Trinajstić information content (AvgIpc) is 2.50. The van der Waals surface area contributed by atoms with Gasteiger partial charge in [-0.2, -0.15) is 0 Å². The summed E-state index contributed by atoms with van der Waals surface area (Å²) in [4.78, 5) is 11.6. The highest BCUT2D eigenvalue weighted by Crippen LogP contribution is 2.38. The standard InChI is InChI=1S/C17H27NO/c1-5-6-7-13(2)12-15-9-11-17(4,16(18)19)10-8-14(15)3/h12H,2-3,5-11H2,1,4H3,(H2,18,19)/b15-12-. The molecular weight excluding hydrogens is 234 g/mol. The third-order valence-electron chi connectivity index (χ3n) is 4.20. The average molecular weight is 261 g/mol. The molecule has 0 radical (unpaired) electrons. The number of amides is 1. The maximum Gasteiger partial charge on any atom is 0.223 e. The lowest BCUT2D eigenvalue weighted by Gasteiger charge is -2.23. The van der Waals surface area contributed by atoms with Crippen molar-refractivity contribution >= 4 is 5.91 Å². The summed E-state index contributed by atoms with van der Waals surface area (Å²) in [5, 5.41) is 0. The Balaban J connectivity index is 2.76. The largest absolute Gasteiger partial charge is 0.369 e. The van der Waals surface area contributed by atoms with Gasteiger partial charge in [0.1, 0.15) is 0 Å². The Bertz CT molecular complexity index is 405. The van der Waals surface area contributed by atoms with Crippen molar-refractivity contribution in [1.29, 1.82) is 0 Å². The summed E-state index contributed by atoms with van der Waals surface area (Å²) in [6.07, 6.45) is 8.92. The van der Waals surface area contributed by atoms with Crippen LogP contribution in [0.1, 0.15) is 58.8 Å². The second-order valence-corrected chi connectivity index (χ2v) is 5.96. The number of nitrogens with two attached hydrogens (primary N) is 1. The van der Waals surface area contributed by atoms with Crippen molar-refractivity contribution in [1.82, 2.24) is 0 Å². The SMILES string of the molecule is C=C(/C=C1/CCC(C)(C(N)=O)CCC1=C)CCCC. The van der Waals surface area contributed by atoms with Crippen LogP contribution in [-0.2, 0) is 4.79 Å². The summed E-state index contributed by atoms with van der Waals surface area (Å²) < 4.78 is 0. The van der Waals surface area contributed by atoms with Crippen LogP contribution in [0.4, 0.5) is 0 Å². The maximum atomic E-state index is 11.6. The van der Waals surface area contributed by atoms with Crippen molar-refractivity contribution in [2.45, 2.75) is 58.8 Å². The molecule has 1 rings (SSSR count). The zero-order valence-electron chi connectivity index (χ0n) is 12.4. The molecule has 1 atom stereocenters. The summed E-state index contributed by atoms with van der Waals surface area (Å²) in [5.41, 5.74) is 8.70. The van der Waals surface area contributed by atoms with Gasteiger partial charge in [0.25, 0.3) is 0 Å². The van der Waals surface area contributed by atoms with Crippen LogP contribution in [-0.4, -0.2) is 5.91 Å². The first-order chi connectivity index (χ1) is 8.89. The minimum absolute atomic E-state index is 0.189. The van der Waals surface area contributed by atoms with Crippen molar-refractivity contribution in [2.75, 3.05) is 0 Å². The highest BCUT2D eigenvalue weighted by atomic mass is 16.1. The first-order valence-electron chi connectivity index (χ1n) is 7.25. The molecule has 0 heterocycles. The molecule has 1 aliphatic carbocycles. The topological polar surface area (TPSA) is 43.1 Å². The zero-order chi connectivity index (χ0) is 14.5. The van der Waals surface area contributed by atoms with Gasteiger partial charge in [-0.15, -0.1) is 0 Å². The molecule has 0 saturated heterocycles. The van der Waals surface area contributed by atoms with Gasteiger partial charge in [-0.3, -0.25) is 4.79 Å². The smallest absolute Gasteiger partial charge is 0.223 e. The quantitative estimate of drug-likeness (QED) is 0.737. The molecule has 0 bridgehead atoms. The van der Waals surface area contributed by atoms with Crippen LogP contribution < -0.4 is 5.73 Å². The van der Waals surface area contributed by atoms with Gasteiger partial charge >= 0.3 is 0 Å². The third-order valence-corrected chi connectivity index (χ3v) is 4.20. The molecule has 1 amide bonds. The molecule has 2 nitrogen and oxygen atoms in total. The Hall–Kier alpha value is -1.31. The normalized spacial score (nSPS) is 26.2. The Morgan fingerprint density at radius 2 is 2.05 bits per heavy atom. The molecule has 1 saturated carbocycles. The lowest BCUT2D eigenvalue weighted by atomic mass is 9.82. The predicted octanol–water partition coefficient (Wildman–Crippen LogP) is 4.28. The lowest BCUT2D eigenvalue weighted by molar-refractivity contribution is -0.127.